The van der Waals surface area contributed by atoms with E-state index in [9.17, 15) is 15.0 Å². The van der Waals surface area contributed by atoms with Crippen LogP contribution in [0.5, 0.6) is 11.5 Å². The molecule has 0 aromatic heterocycles. The van der Waals surface area contributed by atoms with Crippen LogP contribution in [0, 0.1) is 0 Å². The Morgan fingerprint density at radius 2 is 2.10 bits per heavy atom. The fraction of sp³-hybridized carbons (Fsp3) is 0.500. The van der Waals surface area contributed by atoms with Crippen LogP contribution in [0.4, 0.5) is 4.79 Å². The molecule has 0 aliphatic carbocycles. The molecule has 108 valence electrons. The summed E-state index contributed by atoms with van der Waals surface area (Å²) >= 11 is 0. The molecule has 0 bridgehead atoms. The number of fused-ring (bicyclic) bond motifs is 1. The molecule has 1 amide bonds. The molecule has 0 saturated carbocycles. The zero-order valence-electron chi connectivity index (χ0n) is 11.0. The van der Waals surface area contributed by atoms with Gasteiger partial charge in [0.1, 0.15) is 0 Å². The molecule has 1 unspecified atom stereocenters. The van der Waals surface area contributed by atoms with Gasteiger partial charge in [-0.15, -0.1) is 0 Å². The quantitative estimate of drug-likeness (QED) is 0.862. The SMILES string of the molecule is O=C(O)N1CCCCC1(CO)c1ccc2c(c1)OCO2. The summed E-state index contributed by atoms with van der Waals surface area (Å²) in [5, 5.41) is 19.3. The third-order valence-corrected chi connectivity index (χ3v) is 4.14. The Labute approximate surface area is 116 Å². The molecule has 20 heavy (non-hydrogen) atoms. The number of benzene rings is 1. The first-order valence-electron chi connectivity index (χ1n) is 6.69. The first kappa shape index (κ1) is 13.1. The van der Waals surface area contributed by atoms with Gasteiger partial charge in [-0.05, 0) is 37.0 Å². The second-order valence-electron chi connectivity index (χ2n) is 5.15. The number of hydrogen-bond acceptors (Lipinski definition) is 4. The van der Waals surface area contributed by atoms with Crippen LogP contribution in [0.25, 0.3) is 0 Å². The first-order chi connectivity index (χ1) is 9.67. The van der Waals surface area contributed by atoms with E-state index >= 15 is 0 Å². The highest BCUT2D eigenvalue weighted by atomic mass is 16.7. The number of carbonyl (C=O) groups is 1. The fourth-order valence-corrected chi connectivity index (χ4v) is 3.06. The summed E-state index contributed by atoms with van der Waals surface area (Å²) < 4.78 is 10.6. The van der Waals surface area contributed by atoms with Gasteiger partial charge in [-0.3, -0.25) is 4.90 Å². The largest absolute Gasteiger partial charge is 0.465 e. The second kappa shape index (κ2) is 4.86. The van der Waals surface area contributed by atoms with Gasteiger partial charge in [0.2, 0.25) is 6.79 Å². The zero-order valence-corrected chi connectivity index (χ0v) is 11.0. The van der Waals surface area contributed by atoms with Crippen molar-refractivity contribution in [2.45, 2.75) is 24.8 Å². The van der Waals surface area contributed by atoms with Gasteiger partial charge < -0.3 is 19.7 Å². The Morgan fingerprint density at radius 1 is 1.30 bits per heavy atom. The van der Waals surface area contributed by atoms with Crippen LogP contribution in [0.15, 0.2) is 18.2 Å². The van der Waals surface area contributed by atoms with Crippen molar-refractivity contribution in [3.8, 4) is 11.5 Å². The lowest BCUT2D eigenvalue weighted by Gasteiger charge is -2.45. The Bertz CT molecular complexity index is 532. The Balaban J connectivity index is 2.04. The van der Waals surface area contributed by atoms with E-state index in [0.29, 0.717) is 24.5 Å². The molecule has 6 heteroatoms. The van der Waals surface area contributed by atoms with Gasteiger partial charge in [0, 0.05) is 6.54 Å². The van der Waals surface area contributed by atoms with Gasteiger partial charge in [-0.25, -0.2) is 4.79 Å². The number of rotatable bonds is 2. The molecular formula is C14H17NO5. The zero-order chi connectivity index (χ0) is 14.2. The molecular weight excluding hydrogens is 262 g/mol. The molecule has 0 radical (unpaired) electrons. The van der Waals surface area contributed by atoms with Crippen LogP contribution in [0.1, 0.15) is 24.8 Å². The first-order valence-corrected chi connectivity index (χ1v) is 6.69. The summed E-state index contributed by atoms with van der Waals surface area (Å²) in [6.07, 6.45) is 1.31. The second-order valence-corrected chi connectivity index (χ2v) is 5.15. The predicted molar refractivity (Wildman–Crippen MR) is 69.9 cm³/mol. The lowest BCUT2D eigenvalue weighted by molar-refractivity contribution is 0.00457. The van der Waals surface area contributed by atoms with E-state index in [1.54, 1.807) is 12.1 Å². The number of likely N-dealkylation sites (tertiary alicyclic amines) is 1. The predicted octanol–water partition coefficient (Wildman–Crippen LogP) is 1.77. The normalized spacial score (nSPS) is 24.8. The minimum atomic E-state index is -1.00. The maximum absolute atomic E-state index is 11.5. The van der Waals surface area contributed by atoms with Crippen LogP contribution >= 0.6 is 0 Å². The number of carboxylic acid groups (broad SMARTS) is 1. The summed E-state index contributed by atoms with van der Waals surface area (Å²) in [4.78, 5) is 12.8. The molecule has 2 aliphatic heterocycles. The van der Waals surface area contributed by atoms with Gasteiger partial charge >= 0.3 is 6.09 Å². The molecule has 0 spiro atoms. The summed E-state index contributed by atoms with van der Waals surface area (Å²) in [6, 6.07) is 5.36. The Kier molecular flexibility index (Phi) is 3.17. The number of amides is 1. The summed E-state index contributed by atoms with van der Waals surface area (Å²) in [5.41, 5.74) is -0.128. The van der Waals surface area contributed by atoms with Gasteiger partial charge in [0.05, 0.1) is 12.1 Å². The number of nitrogens with zero attached hydrogens (tertiary/aromatic N) is 1. The molecule has 2 N–H and O–H groups in total. The summed E-state index contributed by atoms with van der Waals surface area (Å²) in [6.45, 7) is 0.372. The van der Waals surface area contributed by atoms with E-state index in [-0.39, 0.29) is 13.4 Å². The Hall–Kier alpha value is -1.95. The van der Waals surface area contributed by atoms with Crippen LogP contribution in [-0.2, 0) is 5.54 Å². The van der Waals surface area contributed by atoms with E-state index in [1.807, 2.05) is 6.07 Å². The van der Waals surface area contributed by atoms with Crippen LogP contribution in [-0.4, -0.2) is 41.2 Å². The van der Waals surface area contributed by atoms with E-state index in [0.717, 1.165) is 18.4 Å². The van der Waals surface area contributed by atoms with Crippen molar-refractivity contribution in [2.24, 2.45) is 0 Å². The number of aliphatic hydroxyl groups excluding tert-OH is 1. The average Bonchev–Trinajstić information content (AvgIpc) is 2.94. The topological polar surface area (TPSA) is 79.2 Å². The molecule has 1 atom stereocenters. The van der Waals surface area contributed by atoms with Gasteiger partial charge in [0.25, 0.3) is 0 Å². The highest BCUT2D eigenvalue weighted by Gasteiger charge is 2.43. The lowest BCUT2D eigenvalue weighted by Crippen LogP contribution is -2.54. The fourth-order valence-electron chi connectivity index (χ4n) is 3.06. The molecule has 2 heterocycles. The minimum absolute atomic E-state index is 0.174. The summed E-state index contributed by atoms with van der Waals surface area (Å²) in [7, 11) is 0. The number of hydrogen-bond donors (Lipinski definition) is 2. The average molecular weight is 279 g/mol. The van der Waals surface area contributed by atoms with Crippen molar-refractivity contribution < 1.29 is 24.5 Å². The molecule has 1 aromatic rings. The highest BCUT2D eigenvalue weighted by molar-refractivity contribution is 5.67. The van der Waals surface area contributed by atoms with Crippen molar-refractivity contribution >= 4 is 6.09 Å². The number of aliphatic hydroxyl groups is 1. The van der Waals surface area contributed by atoms with Crippen molar-refractivity contribution in [1.82, 2.24) is 4.90 Å². The number of ether oxygens (including phenoxy) is 2. The van der Waals surface area contributed by atoms with Crippen molar-refractivity contribution in [2.75, 3.05) is 19.9 Å². The standard InChI is InChI=1S/C14H17NO5/c16-8-14(5-1-2-6-15(14)13(17)18)10-3-4-11-12(7-10)20-9-19-11/h3-4,7,16H,1-2,5-6,8-9H2,(H,17,18). The van der Waals surface area contributed by atoms with Crippen LogP contribution in [0.3, 0.4) is 0 Å². The van der Waals surface area contributed by atoms with E-state index < -0.39 is 11.6 Å². The van der Waals surface area contributed by atoms with Gasteiger partial charge in [-0.2, -0.15) is 0 Å². The molecule has 3 rings (SSSR count). The third kappa shape index (κ3) is 1.87. The van der Waals surface area contributed by atoms with Crippen LogP contribution < -0.4 is 9.47 Å². The van der Waals surface area contributed by atoms with Crippen LogP contribution in [0.2, 0.25) is 0 Å². The Morgan fingerprint density at radius 3 is 2.85 bits per heavy atom. The van der Waals surface area contributed by atoms with E-state index in [4.69, 9.17) is 9.47 Å². The highest BCUT2D eigenvalue weighted by Crippen LogP contribution is 2.42. The monoisotopic (exact) mass is 279 g/mol. The van der Waals surface area contributed by atoms with Crippen molar-refractivity contribution in [3.63, 3.8) is 0 Å². The van der Waals surface area contributed by atoms with Crippen molar-refractivity contribution in [1.29, 1.82) is 0 Å². The maximum atomic E-state index is 11.5. The van der Waals surface area contributed by atoms with E-state index in [1.165, 1.54) is 4.90 Å². The minimum Gasteiger partial charge on any atom is -0.465 e. The summed E-state index contributed by atoms with van der Waals surface area (Å²) in [5.74, 6) is 1.26. The maximum Gasteiger partial charge on any atom is 0.408 e. The number of piperidine rings is 1. The molecule has 1 saturated heterocycles. The van der Waals surface area contributed by atoms with Gasteiger partial charge in [0.15, 0.2) is 11.5 Å². The van der Waals surface area contributed by atoms with E-state index in [2.05, 4.69) is 0 Å². The lowest BCUT2D eigenvalue weighted by atomic mass is 9.81. The molecule has 2 aliphatic rings. The smallest absolute Gasteiger partial charge is 0.408 e. The molecule has 6 nitrogen and oxygen atoms in total. The molecule has 1 fully saturated rings. The third-order valence-electron chi connectivity index (χ3n) is 4.14. The van der Waals surface area contributed by atoms with Gasteiger partial charge in [-0.1, -0.05) is 6.07 Å². The van der Waals surface area contributed by atoms with Crippen molar-refractivity contribution in [3.05, 3.63) is 23.8 Å². The molecule has 1 aromatic carbocycles.